The zero-order valence-electron chi connectivity index (χ0n) is 41.5. The molecule has 0 N–H and O–H groups in total. The highest BCUT2D eigenvalue weighted by Crippen LogP contribution is 2.53. The lowest BCUT2D eigenvalue weighted by Gasteiger charge is -2.35. The molecule has 2 heteroatoms. The van der Waals surface area contributed by atoms with Crippen LogP contribution in [0.4, 0.5) is 34.1 Å². The van der Waals surface area contributed by atoms with Gasteiger partial charge in [-0.25, -0.2) is 0 Å². The first kappa shape index (κ1) is 44.8. The molecule has 0 radical (unpaired) electrons. The molecule has 0 amide bonds. The predicted molar refractivity (Wildman–Crippen MR) is 299 cm³/mol. The number of anilines is 6. The van der Waals surface area contributed by atoms with Crippen molar-refractivity contribution in [2.24, 2.45) is 0 Å². The van der Waals surface area contributed by atoms with Crippen LogP contribution in [-0.2, 0) is 16.2 Å². The number of benzene rings is 10. The Bertz CT molecular complexity index is 3480. The molecule has 0 saturated heterocycles. The predicted octanol–water partition coefficient (Wildman–Crippen LogP) is 19.1. The Hall–Kier alpha value is -7.68. The first-order chi connectivity index (χ1) is 34.1. The average Bonchev–Trinajstić information content (AvgIpc) is 3.64. The zero-order chi connectivity index (χ0) is 48.0. The van der Waals surface area contributed by atoms with Gasteiger partial charge in [-0.1, -0.05) is 199 Å². The van der Waals surface area contributed by atoms with Crippen LogP contribution in [0.3, 0.4) is 0 Å². The van der Waals surface area contributed by atoms with Gasteiger partial charge in [0, 0.05) is 50.4 Å². The minimum Gasteiger partial charge on any atom is -0.310 e. The van der Waals surface area contributed by atoms with Gasteiger partial charge in [-0.15, -0.1) is 0 Å². The van der Waals surface area contributed by atoms with E-state index in [1.165, 1.54) is 66.1 Å². The van der Waals surface area contributed by atoms with Crippen LogP contribution in [0.1, 0.15) is 94.2 Å². The Morgan fingerprint density at radius 3 is 1.16 bits per heavy atom. The molecule has 2 nitrogen and oxygen atoms in total. The van der Waals surface area contributed by atoms with Crippen LogP contribution in [0.25, 0.3) is 32.7 Å². The van der Waals surface area contributed by atoms with Crippen LogP contribution < -0.4 is 9.80 Å². The second kappa shape index (κ2) is 18.0. The van der Waals surface area contributed by atoms with Gasteiger partial charge in [0.15, 0.2) is 0 Å². The summed E-state index contributed by atoms with van der Waals surface area (Å²) in [5.41, 5.74) is 17.4. The molecule has 0 fully saturated rings. The Labute approximate surface area is 415 Å². The maximum atomic E-state index is 2.56. The molecule has 1 atom stereocenters. The van der Waals surface area contributed by atoms with Crippen LogP contribution in [0.15, 0.2) is 231 Å². The molecule has 10 aromatic rings. The van der Waals surface area contributed by atoms with Crippen LogP contribution in [0.5, 0.6) is 0 Å². The van der Waals surface area contributed by atoms with Gasteiger partial charge >= 0.3 is 0 Å². The number of fused-ring (bicyclic) bond motifs is 5. The van der Waals surface area contributed by atoms with E-state index in [9.17, 15) is 0 Å². The molecule has 10 aromatic carbocycles. The fourth-order valence-electron chi connectivity index (χ4n) is 11.8. The van der Waals surface area contributed by atoms with Gasteiger partial charge in [-0.2, -0.15) is 0 Å². The largest absolute Gasteiger partial charge is 0.310 e. The molecule has 1 aliphatic rings. The summed E-state index contributed by atoms with van der Waals surface area (Å²) in [7, 11) is 0. The van der Waals surface area contributed by atoms with Gasteiger partial charge in [0.25, 0.3) is 0 Å². The lowest BCUT2D eigenvalue weighted by atomic mass is 9.69. The lowest BCUT2D eigenvalue weighted by molar-refractivity contribution is 0.477. The van der Waals surface area contributed by atoms with Crippen molar-refractivity contribution in [3.8, 4) is 11.1 Å². The topological polar surface area (TPSA) is 6.48 Å². The average molecular weight is 907 g/mol. The Balaban J connectivity index is 0.904. The lowest BCUT2D eigenvalue weighted by Crippen LogP contribution is -2.27. The van der Waals surface area contributed by atoms with Gasteiger partial charge in [0.1, 0.15) is 0 Å². The maximum absolute atomic E-state index is 2.56. The van der Waals surface area contributed by atoms with Gasteiger partial charge in [-0.05, 0) is 158 Å². The van der Waals surface area contributed by atoms with E-state index in [1.807, 2.05) is 0 Å². The number of hydrogen-bond donors (Lipinski definition) is 0. The number of para-hydroxylation sites is 2. The minimum atomic E-state index is -0.180. The van der Waals surface area contributed by atoms with Gasteiger partial charge in [-0.3, -0.25) is 0 Å². The molecule has 11 rings (SSSR count). The smallest absolute Gasteiger partial charge is 0.0468 e. The molecular weight excluding hydrogens is 845 g/mol. The van der Waals surface area contributed by atoms with Crippen molar-refractivity contribution in [3.63, 3.8) is 0 Å². The molecule has 70 heavy (non-hydrogen) atoms. The zero-order valence-corrected chi connectivity index (χ0v) is 41.5. The Kier molecular flexibility index (Phi) is 11.5. The number of hydrogen-bond acceptors (Lipinski definition) is 2. The number of rotatable bonds is 13. The van der Waals surface area contributed by atoms with E-state index in [4.69, 9.17) is 0 Å². The Morgan fingerprint density at radius 1 is 0.329 bits per heavy atom. The van der Waals surface area contributed by atoms with E-state index in [2.05, 4.69) is 282 Å². The van der Waals surface area contributed by atoms with Gasteiger partial charge in [0.05, 0.1) is 0 Å². The van der Waals surface area contributed by atoms with E-state index >= 15 is 0 Å². The van der Waals surface area contributed by atoms with E-state index < -0.39 is 0 Å². The minimum absolute atomic E-state index is 0.137. The van der Waals surface area contributed by atoms with Crippen LogP contribution in [0.2, 0.25) is 0 Å². The highest BCUT2D eigenvalue weighted by molar-refractivity contribution is 5.91. The van der Waals surface area contributed by atoms with Crippen molar-refractivity contribution < 1.29 is 0 Å². The molecule has 0 saturated carbocycles. The molecule has 0 spiro atoms. The third-order valence-corrected chi connectivity index (χ3v) is 16.2. The molecule has 0 bridgehead atoms. The molecule has 344 valence electrons. The highest BCUT2D eigenvalue weighted by atomic mass is 15.1. The van der Waals surface area contributed by atoms with Crippen LogP contribution >= 0.6 is 0 Å². The summed E-state index contributed by atoms with van der Waals surface area (Å²) in [4.78, 5) is 4.75. The van der Waals surface area contributed by atoms with Crippen molar-refractivity contribution in [3.05, 3.63) is 264 Å². The van der Waals surface area contributed by atoms with Gasteiger partial charge < -0.3 is 9.80 Å². The second-order valence-electron chi connectivity index (χ2n) is 20.1. The second-order valence-corrected chi connectivity index (χ2v) is 20.1. The standard InChI is InChI=1S/C68H62N2/c1-7-67(6,52-30-38-58(39-31-52)69(56-24-12-10-13-25-56)60-36-28-48-20-16-18-22-50(48)44-60)54-34-42-62-63-43-35-55(47-65(63)66(4,5)64(62)46-54)68(8-2,9-3)53-32-40-59(41-33-53)70(57-26-14-11-15-27-57)61-37-29-49-21-17-19-23-51(49)45-61/h10-47H,7-9H2,1-6H3. The third kappa shape index (κ3) is 7.58. The summed E-state index contributed by atoms with van der Waals surface area (Å²) in [6.45, 7) is 14.4. The molecular formula is C68H62N2. The van der Waals surface area contributed by atoms with Crippen molar-refractivity contribution in [2.45, 2.75) is 77.0 Å². The number of nitrogens with zero attached hydrogens (tertiary/aromatic N) is 2. The van der Waals surface area contributed by atoms with E-state index in [0.717, 1.165) is 53.4 Å². The molecule has 1 aliphatic carbocycles. The first-order valence-corrected chi connectivity index (χ1v) is 25.3. The SMILES string of the molecule is CCC(C)(c1ccc(N(c2ccccc2)c2ccc3ccccc3c2)cc1)c1ccc2c(c1)C(C)(C)c1cc(C(CC)(CC)c3ccc(N(c4ccccc4)c4ccc5ccccc5c4)cc3)ccc1-2. The summed E-state index contributed by atoms with van der Waals surface area (Å²) in [6.07, 6.45) is 2.99. The van der Waals surface area contributed by atoms with E-state index in [0.29, 0.717) is 0 Å². The van der Waals surface area contributed by atoms with Crippen molar-refractivity contribution in [2.75, 3.05) is 9.80 Å². The van der Waals surface area contributed by atoms with Crippen LogP contribution in [0, 0.1) is 0 Å². The molecule has 0 aromatic heterocycles. The van der Waals surface area contributed by atoms with Crippen molar-refractivity contribution >= 4 is 55.7 Å². The first-order valence-electron chi connectivity index (χ1n) is 25.3. The van der Waals surface area contributed by atoms with Crippen molar-refractivity contribution in [1.82, 2.24) is 0 Å². The van der Waals surface area contributed by atoms with Crippen molar-refractivity contribution in [1.29, 1.82) is 0 Å². The summed E-state index contributed by atoms with van der Waals surface area (Å²) in [6, 6.07) is 85.8. The van der Waals surface area contributed by atoms with E-state index in [-0.39, 0.29) is 16.2 Å². The third-order valence-electron chi connectivity index (χ3n) is 16.2. The summed E-state index contributed by atoms with van der Waals surface area (Å²) < 4.78 is 0. The Morgan fingerprint density at radius 2 is 0.700 bits per heavy atom. The molecule has 0 aliphatic heterocycles. The van der Waals surface area contributed by atoms with Gasteiger partial charge in [0.2, 0.25) is 0 Å². The summed E-state index contributed by atoms with van der Waals surface area (Å²) in [5, 5.41) is 4.96. The molecule has 1 unspecified atom stereocenters. The maximum Gasteiger partial charge on any atom is 0.0468 e. The van der Waals surface area contributed by atoms with E-state index in [1.54, 1.807) is 0 Å². The normalized spacial score (nSPS) is 13.7. The van der Waals surface area contributed by atoms with Crippen LogP contribution in [-0.4, -0.2) is 0 Å². The quantitative estimate of drug-likeness (QED) is 0.114. The molecule has 0 heterocycles. The summed E-state index contributed by atoms with van der Waals surface area (Å²) in [5.74, 6) is 0. The fraction of sp³-hybridized carbons (Fsp3) is 0.176. The summed E-state index contributed by atoms with van der Waals surface area (Å²) >= 11 is 0. The highest BCUT2D eigenvalue weighted by Gasteiger charge is 2.40. The monoisotopic (exact) mass is 906 g/mol. The fourth-order valence-corrected chi connectivity index (χ4v) is 11.8.